The molecule has 9 heteroatoms. The standard InChI is InChI=1S/C26H27N7OS/c1-16-8-7-9-17(2)24(16)29-23(34)15-35-26-27-21-11-6-5-10-20(21)25-28-22(31-33(25)26)12-13-32-19(4)14-18(3)30-32/h5-11,14H,12-13,15H2,1-4H3,(H,29,34). The molecule has 3 aromatic heterocycles. The number of anilines is 1. The molecule has 0 bridgehead atoms. The van der Waals surface area contributed by atoms with Crippen LogP contribution >= 0.6 is 11.8 Å². The number of aryl methyl sites for hydroxylation is 6. The summed E-state index contributed by atoms with van der Waals surface area (Å²) in [5.74, 6) is 0.854. The van der Waals surface area contributed by atoms with E-state index in [1.807, 2.05) is 74.8 Å². The predicted octanol–water partition coefficient (Wildman–Crippen LogP) is 4.68. The Balaban J connectivity index is 1.40. The first-order chi connectivity index (χ1) is 16.9. The first kappa shape index (κ1) is 23.0. The van der Waals surface area contributed by atoms with Crippen LogP contribution in [0.1, 0.15) is 28.3 Å². The number of hydrogen-bond acceptors (Lipinski definition) is 6. The van der Waals surface area contributed by atoms with Crippen molar-refractivity contribution in [1.29, 1.82) is 0 Å². The molecule has 0 spiro atoms. The molecule has 8 nitrogen and oxygen atoms in total. The molecule has 3 heterocycles. The molecule has 1 amide bonds. The van der Waals surface area contributed by atoms with Crippen LogP contribution in [0, 0.1) is 27.7 Å². The molecular formula is C26H27N7OS. The van der Waals surface area contributed by atoms with Crippen molar-refractivity contribution in [2.75, 3.05) is 11.1 Å². The molecule has 0 radical (unpaired) electrons. The van der Waals surface area contributed by atoms with Crippen molar-refractivity contribution in [3.05, 3.63) is 76.9 Å². The van der Waals surface area contributed by atoms with Gasteiger partial charge in [0.2, 0.25) is 5.91 Å². The maximum Gasteiger partial charge on any atom is 0.234 e. The largest absolute Gasteiger partial charge is 0.325 e. The zero-order valence-corrected chi connectivity index (χ0v) is 21.1. The molecule has 0 aliphatic rings. The van der Waals surface area contributed by atoms with E-state index in [0.29, 0.717) is 18.1 Å². The minimum atomic E-state index is -0.0830. The number of nitrogens with one attached hydrogen (secondary N) is 1. The summed E-state index contributed by atoms with van der Waals surface area (Å²) in [5, 5.41) is 13.9. The lowest BCUT2D eigenvalue weighted by molar-refractivity contribution is -0.113. The summed E-state index contributed by atoms with van der Waals surface area (Å²) in [6.45, 7) is 8.72. The van der Waals surface area contributed by atoms with Crippen molar-refractivity contribution in [2.24, 2.45) is 0 Å². The quantitative estimate of drug-likeness (QED) is 0.266. The number of hydrogen-bond donors (Lipinski definition) is 1. The number of carbonyl (C=O) groups is 1. The van der Waals surface area contributed by atoms with Crippen LogP contribution < -0.4 is 5.32 Å². The van der Waals surface area contributed by atoms with Gasteiger partial charge in [-0.25, -0.2) is 9.97 Å². The van der Waals surface area contributed by atoms with E-state index in [9.17, 15) is 4.79 Å². The van der Waals surface area contributed by atoms with Gasteiger partial charge in [0, 0.05) is 29.7 Å². The van der Waals surface area contributed by atoms with Crippen molar-refractivity contribution in [3.8, 4) is 0 Å². The summed E-state index contributed by atoms with van der Waals surface area (Å²) in [6.07, 6.45) is 0.648. The van der Waals surface area contributed by atoms with Crippen molar-refractivity contribution < 1.29 is 4.79 Å². The van der Waals surface area contributed by atoms with Gasteiger partial charge in [0.15, 0.2) is 16.6 Å². The maximum absolute atomic E-state index is 12.8. The zero-order valence-electron chi connectivity index (χ0n) is 20.2. The number of nitrogens with zero attached hydrogens (tertiary/aromatic N) is 6. The fourth-order valence-corrected chi connectivity index (χ4v) is 4.94. The molecule has 5 rings (SSSR count). The average Bonchev–Trinajstić information content (AvgIpc) is 3.41. The Morgan fingerprint density at radius 2 is 1.74 bits per heavy atom. The Bertz CT molecular complexity index is 1530. The lowest BCUT2D eigenvalue weighted by atomic mass is 10.1. The maximum atomic E-state index is 12.8. The van der Waals surface area contributed by atoms with E-state index >= 15 is 0 Å². The van der Waals surface area contributed by atoms with Crippen LogP contribution in [-0.2, 0) is 17.8 Å². The highest BCUT2D eigenvalue weighted by atomic mass is 32.2. The highest BCUT2D eigenvalue weighted by Crippen LogP contribution is 2.25. The molecule has 0 saturated carbocycles. The Labute approximate surface area is 207 Å². The molecule has 2 aromatic carbocycles. The van der Waals surface area contributed by atoms with Crippen LogP contribution in [0.3, 0.4) is 0 Å². The van der Waals surface area contributed by atoms with Crippen molar-refractivity contribution >= 4 is 39.9 Å². The van der Waals surface area contributed by atoms with Crippen molar-refractivity contribution in [2.45, 2.75) is 45.8 Å². The van der Waals surface area contributed by atoms with Crippen LogP contribution in [-0.4, -0.2) is 41.0 Å². The fraction of sp³-hybridized carbons (Fsp3) is 0.269. The Kier molecular flexibility index (Phi) is 6.25. The number of thioether (sulfide) groups is 1. The van der Waals surface area contributed by atoms with Crippen LogP contribution in [0.15, 0.2) is 53.7 Å². The molecule has 0 unspecified atom stereocenters. The van der Waals surface area contributed by atoms with Gasteiger partial charge in [-0.3, -0.25) is 9.48 Å². The van der Waals surface area contributed by atoms with Gasteiger partial charge in [-0.15, -0.1) is 5.10 Å². The lowest BCUT2D eigenvalue weighted by Crippen LogP contribution is -2.16. The highest BCUT2D eigenvalue weighted by molar-refractivity contribution is 7.99. The summed E-state index contributed by atoms with van der Waals surface area (Å²) in [7, 11) is 0. The number of rotatable bonds is 7. The summed E-state index contributed by atoms with van der Waals surface area (Å²) < 4.78 is 3.74. The zero-order chi connectivity index (χ0) is 24.5. The fourth-order valence-electron chi connectivity index (χ4n) is 4.20. The van der Waals surface area contributed by atoms with E-state index in [1.165, 1.54) is 11.8 Å². The number of aromatic nitrogens is 6. The smallest absolute Gasteiger partial charge is 0.234 e. The van der Waals surface area contributed by atoms with Crippen LogP contribution in [0.2, 0.25) is 0 Å². The first-order valence-corrected chi connectivity index (χ1v) is 12.5. The van der Waals surface area contributed by atoms with E-state index in [-0.39, 0.29) is 11.7 Å². The summed E-state index contributed by atoms with van der Waals surface area (Å²) in [6, 6.07) is 15.9. The molecule has 0 saturated heterocycles. The Morgan fingerprint density at radius 1 is 0.971 bits per heavy atom. The molecule has 0 aliphatic heterocycles. The number of benzene rings is 2. The molecule has 0 atom stereocenters. The molecule has 0 aliphatic carbocycles. The van der Waals surface area contributed by atoms with Crippen molar-refractivity contribution in [3.63, 3.8) is 0 Å². The minimum Gasteiger partial charge on any atom is -0.325 e. The number of carbonyl (C=O) groups excluding carboxylic acids is 1. The van der Waals surface area contributed by atoms with E-state index in [2.05, 4.69) is 16.5 Å². The third kappa shape index (κ3) is 4.77. The Morgan fingerprint density at radius 3 is 2.49 bits per heavy atom. The first-order valence-electron chi connectivity index (χ1n) is 11.5. The Hall–Kier alpha value is -3.72. The van der Waals surface area contributed by atoms with Gasteiger partial charge in [0.25, 0.3) is 0 Å². The number of amides is 1. The second-order valence-electron chi connectivity index (χ2n) is 8.68. The van der Waals surface area contributed by atoms with Gasteiger partial charge >= 0.3 is 0 Å². The number of para-hydroxylation sites is 2. The van der Waals surface area contributed by atoms with Gasteiger partial charge in [0.1, 0.15) is 0 Å². The molecule has 5 aromatic rings. The van der Waals surface area contributed by atoms with Gasteiger partial charge in [-0.2, -0.15) is 9.61 Å². The summed E-state index contributed by atoms with van der Waals surface area (Å²) in [4.78, 5) is 22.4. The molecule has 35 heavy (non-hydrogen) atoms. The third-order valence-electron chi connectivity index (χ3n) is 5.92. The summed E-state index contributed by atoms with van der Waals surface area (Å²) >= 11 is 1.36. The minimum absolute atomic E-state index is 0.0830. The van der Waals surface area contributed by atoms with E-state index in [1.54, 1.807) is 4.52 Å². The third-order valence-corrected chi connectivity index (χ3v) is 6.85. The van der Waals surface area contributed by atoms with E-state index in [4.69, 9.17) is 15.1 Å². The monoisotopic (exact) mass is 485 g/mol. The van der Waals surface area contributed by atoms with Crippen molar-refractivity contribution in [1.82, 2.24) is 29.4 Å². The average molecular weight is 486 g/mol. The van der Waals surface area contributed by atoms with Crippen LogP contribution in [0.4, 0.5) is 5.69 Å². The second kappa shape index (κ2) is 9.50. The predicted molar refractivity (Wildman–Crippen MR) is 139 cm³/mol. The number of fused-ring (bicyclic) bond motifs is 3. The molecule has 1 N–H and O–H groups in total. The van der Waals surface area contributed by atoms with Crippen LogP contribution in [0.25, 0.3) is 16.6 Å². The lowest BCUT2D eigenvalue weighted by Gasteiger charge is -2.11. The normalized spacial score (nSPS) is 11.4. The second-order valence-corrected chi connectivity index (χ2v) is 9.62. The van der Waals surface area contributed by atoms with Crippen LogP contribution in [0.5, 0.6) is 0 Å². The van der Waals surface area contributed by atoms with Gasteiger partial charge in [-0.1, -0.05) is 42.1 Å². The topological polar surface area (TPSA) is 90.0 Å². The van der Waals surface area contributed by atoms with Gasteiger partial charge < -0.3 is 5.32 Å². The SMILES string of the molecule is Cc1cc(C)n(CCc2nc3c4ccccc4nc(SCC(=O)Nc4c(C)cccc4C)n3n2)n1. The molecule has 0 fully saturated rings. The molecular weight excluding hydrogens is 458 g/mol. The highest BCUT2D eigenvalue weighted by Gasteiger charge is 2.16. The van der Waals surface area contributed by atoms with Gasteiger partial charge in [-0.05, 0) is 57.0 Å². The van der Waals surface area contributed by atoms with E-state index < -0.39 is 0 Å². The summed E-state index contributed by atoms with van der Waals surface area (Å²) in [5.41, 5.74) is 6.63. The van der Waals surface area contributed by atoms with E-state index in [0.717, 1.165) is 50.6 Å². The molecule has 178 valence electrons. The van der Waals surface area contributed by atoms with Gasteiger partial charge in [0.05, 0.1) is 17.0 Å².